The van der Waals surface area contributed by atoms with Crippen molar-refractivity contribution in [1.82, 2.24) is 19.8 Å². The summed E-state index contributed by atoms with van der Waals surface area (Å²) in [6.45, 7) is 7.01. The fourth-order valence-electron chi connectivity index (χ4n) is 4.87. The number of unbranched alkanes of at least 4 members (excludes halogenated alkanes) is 1. The van der Waals surface area contributed by atoms with Gasteiger partial charge in [0, 0.05) is 43.9 Å². The van der Waals surface area contributed by atoms with Crippen LogP contribution >= 0.6 is 0 Å². The Morgan fingerprint density at radius 3 is 2.82 bits per heavy atom. The van der Waals surface area contributed by atoms with E-state index in [4.69, 9.17) is 9.72 Å². The van der Waals surface area contributed by atoms with E-state index < -0.39 is 0 Å². The highest BCUT2D eigenvalue weighted by atomic mass is 19.1. The van der Waals surface area contributed by atoms with E-state index in [0.29, 0.717) is 17.9 Å². The lowest BCUT2D eigenvalue weighted by atomic mass is 9.78. The number of halogens is 1. The van der Waals surface area contributed by atoms with Gasteiger partial charge in [0.2, 0.25) is 0 Å². The number of likely N-dealkylation sites (tertiary alicyclic amines) is 1. The maximum Gasteiger partial charge on any atom is 0.127 e. The third-order valence-electron chi connectivity index (χ3n) is 6.51. The zero-order valence-electron chi connectivity index (χ0n) is 17.0. The molecule has 0 atom stereocenters. The van der Waals surface area contributed by atoms with Crippen molar-refractivity contribution >= 4 is 0 Å². The Balaban J connectivity index is 1.50. The summed E-state index contributed by atoms with van der Waals surface area (Å²) in [5, 5.41) is 0. The molecule has 1 N–H and O–H groups in total. The summed E-state index contributed by atoms with van der Waals surface area (Å²) in [6.07, 6.45) is 7.43. The summed E-state index contributed by atoms with van der Waals surface area (Å²) in [6, 6.07) is 5.00. The van der Waals surface area contributed by atoms with Gasteiger partial charge in [-0.25, -0.2) is 9.37 Å². The summed E-state index contributed by atoms with van der Waals surface area (Å²) in [5.41, 5.74) is 3.30. The molecule has 1 fully saturated rings. The van der Waals surface area contributed by atoms with Crippen LogP contribution in [0.2, 0.25) is 0 Å². The van der Waals surface area contributed by atoms with Gasteiger partial charge in [-0.2, -0.15) is 0 Å². The van der Waals surface area contributed by atoms with E-state index in [1.165, 1.54) is 30.3 Å². The first-order valence-electron chi connectivity index (χ1n) is 10.5. The van der Waals surface area contributed by atoms with E-state index in [0.717, 1.165) is 45.4 Å². The molecule has 5 nitrogen and oxygen atoms in total. The number of ether oxygens (including phenoxy) is 1. The van der Waals surface area contributed by atoms with Crippen molar-refractivity contribution < 1.29 is 9.13 Å². The molecule has 2 aromatic rings. The van der Waals surface area contributed by atoms with Crippen molar-refractivity contribution in [3.05, 3.63) is 47.3 Å². The number of hydrogen-bond donors (Lipinski definition) is 1. The molecule has 0 saturated carbocycles. The van der Waals surface area contributed by atoms with E-state index in [-0.39, 0.29) is 11.4 Å². The number of nitrogens with zero attached hydrogens (tertiary/aromatic N) is 3. The van der Waals surface area contributed by atoms with Gasteiger partial charge in [0.05, 0.1) is 24.7 Å². The van der Waals surface area contributed by atoms with E-state index in [9.17, 15) is 4.39 Å². The summed E-state index contributed by atoms with van der Waals surface area (Å²) >= 11 is 0. The molecular weight excluding hydrogens is 355 g/mol. The first kappa shape index (κ1) is 19.4. The van der Waals surface area contributed by atoms with Crippen molar-refractivity contribution in [2.24, 2.45) is 0 Å². The molecule has 1 saturated heterocycles. The fraction of sp³-hybridized carbons (Fsp3) is 0.591. The van der Waals surface area contributed by atoms with Gasteiger partial charge < -0.3 is 9.72 Å². The van der Waals surface area contributed by atoms with Crippen LogP contribution in [0, 0.1) is 5.82 Å². The summed E-state index contributed by atoms with van der Waals surface area (Å²) < 4.78 is 19.5. The second-order valence-electron chi connectivity index (χ2n) is 8.09. The number of imidazole rings is 1. The first-order chi connectivity index (χ1) is 13.7. The minimum absolute atomic E-state index is 0.0339. The van der Waals surface area contributed by atoms with Crippen molar-refractivity contribution in [3.63, 3.8) is 0 Å². The molecule has 0 amide bonds. The third kappa shape index (κ3) is 3.55. The number of nitrogens with one attached hydrogen (secondary N) is 1. The van der Waals surface area contributed by atoms with Crippen molar-refractivity contribution in [1.29, 1.82) is 0 Å². The summed E-state index contributed by atoms with van der Waals surface area (Å²) in [5.74, 6) is 0.557. The molecule has 152 valence electrons. The number of hydrogen-bond acceptors (Lipinski definition) is 4. The third-order valence-corrected chi connectivity index (χ3v) is 6.51. The van der Waals surface area contributed by atoms with Gasteiger partial charge in [-0.15, -0.1) is 0 Å². The lowest BCUT2D eigenvalue weighted by Crippen LogP contribution is -2.56. The first-order valence-corrected chi connectivity index (χ1v) is 10.5. The van der Waals surface area contributed by atoms with Crippen LogP contribution in [0.15, 0.2) is 24.5 Å². The highest BCUT2D eigenvalue weighted by Gasteiger charge is 2.46. The van der Waals surface area contributed by atoms with Crippen molar-refractivity contribution in [2.45, 2.75) is 51.1 Å². The van der Waals surface area contributed by atoms with Crippen molar-refractivity contribution in [3.8, 4) is 5.75 Å². The molecule has 0 radical (unpaired) electrons. The van der Waals surface area contributed by atoms with Gasteiger partial charge in [0.15, 0.2) is 0 Å². The number of piperidine rings is 1. The number of fused-ring (bicyclic) bond motifs is 2. The van der Waals surface area contributed by atoms with Crippen LogP contribution in [0.25, 0.3) is 0 Å². The van der Waals surface area contributed by atoms with Gasteiger partial charge >= 0.3 is 0 Å². The Bertz CT molecular complexity index is 798. The Hall–Kier alpha value is -1.92. The van der Waals surface area contributed by atoms with E-state index in [2.05, 4.69) is 21.7 Å². The van der Waals surface area contributed by atoms with Gasteiger partial charge in [-0.3, -0.25) is 9.80 Å². The van der Waals surface area contributed by atoms with Crippen LogP contribution in [0.4, 0.5) is 4.39 Å². The smallest absolute Gasteiger partial charge is 0.127 e. The molecule has 1 aromatic carbocycles. The average Bonchev–Trinajstić information content (AvgIpc) is 3.21. The second kappa shape index (κ2) is 8.21. The maximum absolute atomic E-state index is 14.3. The molecule has 1 spiro atoms. The quantitative estimate of drug-likeness (QED) is 0.822. The second-order valence-corrected chi connectivity index (χ2v) is 8.09. The average molecular weight is 387 g/mol. The lowest BCUT2D eigenvalue weighted by molar-refractivity contribution is 0.00242. The number of benzene rings is 1. The number of H-pyrrole nitrogens is 1. The summed E-state index contributed by atoms with van der Waals surface area (Å²) in [7, 11) is 1.62. The number of rotatable bonds is 6. The minimum atomic E-state index is -0.155. The molecule has 0 bridgehead atoms. The van der Waals surface area contributed by atoms with Crippen LogP contribution in [0.1, 0.15) is 49.6 Å². The number of methoxy groups -OCH3 is 1. The van der Waals surface area contributed by atoms with Gasteiger partial charge in [-0.05, 0) is 44.0 Å². The predicted octanol–water partition coefficient (Wildman–Crippen LogP) is 3.71. The van der Waals surface area contributed by atoms with Gasteiger partial charge in [0.1, 0.15) is 11.6 Å². The Kier molecular flexibility index (Phi) is 5.69. The SMILES string of the molecule is CCCCN1CCc2[nH]cnc2C12CCN(Cc1cc(OC)ccc1F)CC2. The monoisotopic (exact) mass is 386 g/mol. The van der Waals surface area contributed by atoms with E-state index >= 15 is 0 Å². The Labute approximate surface area is 166 Å². The number of aromatic nitrogens is 2. The van der Waals surface area contributed by atoms with E-state index in [1.807, 2.05) is 12.4 Å². The largest absolute Gasteiger partial charge is 0.497 e. The summed E-state index contributed by atoms with van der Waals surface area (Å²) in [4.78, 5) is 13.1. The molecule has 6 heteroatoms. The highest BCUT2D eigenvalue weighted by Crippen LogP contribution is 2.42. The van der Waals surface area contributed by atoms with Crippen LogP contribution in [0.3, 0.4) is 0 Å². The van der Waals surface area contributed by atoms with Crippen molar-refractivity contribution in [2.75, 3.05) is 33.3 Å². The predicted molar refractivity (Wildman–Crippen MR) is 108 cm³/mol. The Morgan fingerprint density at radius 1 is 1.25 bits per heavy atom. The van der Waals surface area contributed by atoms with Gasteiger partial charge in [0.25, 0.3) is 0 Å². The minimum Gasteiger partial charge on any atom is -0.497 e. The van der Waals surface area contributed by atoms with Crippen LogP contribution < -0.4 is 4.74 Å². The molecule has 2 aliphatic rings. The molecular formula is C22H31FN4O. The van der Waals surface area contributed by atoms with Crippen LogP contribution in [-0.4, -0.2) is 53.1 Å². The molecule has 0 unspecified atom stereocenters. The molecule has 4 rings (SSSR count). The van der Waals surface area contributed by atoms with Crippen LogP contribution in [-0.2, 0) is 18.5 Å². The van der Waals surface area contributed by atoms with Gasteiger partial charge in [-0.1, -0.05) is 13.3 Å². The topological polar surface area (TPSA) is 44.4 Å². The molecule has 1 aromatic heterocycles. The molecule has 0 aliphatic carbocycles. The highest BCUT2D eigenvalue weighted by molar-refractivity contribution is 5.30. The number of aromatic amines is 1. The molecule has 28 heavy (non-hydrogen) atoms. The lowest BCUT2D eigenvalue weighted by Gasteiger charge is -2.50. The van der Waals surface area contributed by atoms with E-state index in [1.54, 1.807) is 13.2 Å². The molecule has 2 aliphatic heterocycles. The fourth-order valence-corrected chi connectivity index (χ4v) is 4.87. The zero-order valence-corrected chi connectivity index (χ0v) is 17.0. The maximum atomic E-state index is 14.3. The standard InChI is InChI=1S/C22H31FN4O/c1-3-4-10-27-11-7-20-21(25-16-24-20)22(27)8-12-26(13-9-22)15-17-14-18(28-2)5-6-19(17)23/h5-6,14,16H,3-4,7-13,15H2,1-2H3,(H,24,25). The van der Waals surface area contributed by atoms with Crippen LogP contribution in [0.5, 0.6) is 5.75 Å². The molecule has 3 heterocycles. The Morgan fingerprint density at radius 2 is 2.07 bits per heavy atom. The normalized spacial score (nSPS) is 19.7. The zero-order chi connectivity index (χ0) is 19.6.